The van der Waals surface area contributed by atoms with E-state index in [0.717, 1.165) is 6.42 Å². The van der Waals surface area contributed by atoms with Gasteiger partial charge in [0.25, 0.3) is 0 Å². The number of rotatable bonds is 8. The van der Waals surface area contributed by atoms with Gasteiger partial charge in [-0.15, -0.1) is 0 Å². The highest BCUT2D eigenvalue weighted by molar-refractivity contribution is 5.79. The van der Waals surface area contributed by atoms with Crippen LogP contribution in [0, 0.1) is 5.92 Å². The number of hydrogen-bond acceptors (Lipinski definition) is 6. The molecule has 0 aliphatic rings. The van der Waals surface area contributed by atoms with Crippen LogP contribution in [0.4, 0.5) is 0 Å². The average molecular weight is 439 g/mol. The van der Waals surface area contributed by atoms with E-state index < -0.39 is 5.97 Å². The first-order chi connectivity index (χ1) is 15.1. The van der Waals surface area contributed by atoms with Gasteiger partial charge in [-0.2, -0.15) is 0 Å². The molecule has 170 valence electrons. The van der Waals surface area contributed by atoms with E-state index in [1.165, 1.54) is 11.8 Å². The van der Waals surface area contributed by atoms with Gasteiger partial charge in [0.1, 0.15) is 23.3 Å². The molecule has 1 heterocycles. The van der Waals surface area contributed by atoms with E-state index in [0.29, 0.717) is 35.0 Å². The highest BCUT2D eigenvalue weighted by Crippen LogP contribution is 2.27. The van der Waals surface area contributed by atoms with Gasteiger partial charge in [-0.1, -0.05) is 46.8 Å². The summed E-state index contributed by atoms with van der Waals surface area (Å²) in [6.45, 7) is 10.7. The molecule has 0 aliphatic carbocycles. The van der Waals surface area contributed by atoms with Crippen LogP contribution < -0.4 is 14.9 Å². The maximum absolute atomic E-state index is 12.8. The monoisotopic (exact) mass is 438 g/mol. The van der Waals surface area contributed by atoms with Crippen molar-refractivity contribution in [2.45, 2.75) is 46.5 Å². The molecule has 2 aromatic carbocycles. The van der Waals surface area contributed by atoms with Gasteiger partial charge in [0.2, 0.25) is 11.2 Å². The molecular formula is C26H30O6. The third-order valence-electron chi connectivity index (χ3n) is 4.98. The minimum Gasteiger partial charge on any atom is -0.482 e. The number of esters is 1. The maximum Gasteiger partial charge on any atom is 0.344 e. The molecule has 0 unspecified atom stereocenters. The van der Waals surface area contributed by atoms with Gasteiger partial charge < -0.3 is 18.6 Å². The molecular weight excluding hydrogens is 408 g/mol. The maximum atomic E-state index is 12.8. The number of carbonyl (C=O) groups is 1. The van der Waals surface area contributed by atoms with E-state index in [9.17, 15) is 9.59 Å². The van der Waals surface area contributed by atoms with Crippen LogP contribution in [0.1, 0.15) is 46.6 Å². The fourth-order valence-corrected chi connectivity index (χ4v) is 2.99. The predicted molar refractivity (Wildman–Crippen MR) is 124 cm³/mol. The van der Waals surface area contributed by atoms with Crippen molar-refractivity contribution in [3.63, 3.8) is 0 Å². The molecule has 0 radical (unpaired) electrons. The van der Waals surface area contributed by atoms with Crippen LogP contribution >= 0.6 is 0 Å². The van der Waals surface area contributed by atoms with Gasteiger partial charge in [0.15, 0.2) is 6.61 Å². The number of hydrogen-bond donors (Lipinski definition) is 0. The minimum atomic E-state index is -0.437. The van der Waals surface area contributed by atoms with E-state index >= 15 is 0 Å². The molecule has 0 atom stereocenters. The molecule has 0 N–H and O–H groups in total. The Bertz CT molecular complexity index is 1120. The molecule has 6 heteroatoms. The van der Waals surface area contributed by atoms with E-state index in [4.69, 9.17) is 18.6 Å². The first-order valence-electron chi connectivity index (χ1n) is 10.8. The first-order valence-corrected chi connectivity index (χ1v) is 10.8. The highest BCUT2D eigenvalue weighted by atomic mass is 16.6. The number of benzene rings is 2. The molecule has 0 bridgehead atoms. The van der Waals surface area contributed by atoms with Crippen molar-refractivity contribution in [3.05, 3.63) is 64.5 Å². The molecule has 32 heavy (non-hydrogen) atoms. The zero-order valence-corrected chi connectivity index (χ0v) is 19.3. The summed E-state index contributed by atoms with van der Waals surface area (Å²) in [5, 5.41) is 0.362. The lowest BCUT2D eigenvalue weighted by Crippen LogP contribution is -2.16. The van der Waals surface area contributed by atoms with Crippen molar-refractivity contribution in [2.24, 2.45) is 5.92 Å². The summed E-state index contributed by atoms with van der Waals surface area (Å²) in [5.74, 6) is 1.09. The Balaban J connectivity index is 1.67. The van der Waals surface area contributed by atoms with Crippen molar-refractivity contribution >= 4 is 16.9 Å². The summed E-state index contributed by atoms with van der Waals surface area (Å²) < 4.78 is 21.9. The Kier molecular flexibility index (Phi) is 7.23. The van der Waals surface area contributed by atoms with Gasteiger partial charge in [0, 0.05) is 6.07 Å². The number of fused-ring (bicyclic) bond motifs is 1. The molecule has 0 spiro atoms. The fourth-order valence-electron chi connectivity index (χ4n) is 2.99. The van der Waals surface area contributed by atoms with Crippen LogP contribution in [-0.4, -0.2) is 19.2 Å². The molecule has 1 aromatic heterocycles. The second kappa shape index (κ2) is 9.90. The lowest BCUT2D eigenvalue weighted by Gasteiger charge is -2.19. The lowest BCUT2D eigenvalue weighted by molar-refractivity contribution is -0.146. The van der Waals surface area contributed by atoms with Crippen molar-refractivity contribution in [1.82, 2.24) is 0 Å². The summed E-state index contributed by atoms with van der Waals surface area (Å²) in [4.78, 5) is 24.6. The summed E-state index contributed by atoms with van der Waals surface area (Å²) >= 11 is 0. The topological polar surface area (TPSA) is 75.0 Å². The van der Waals surface area contributed by atoms with Gasteiger partial charge in [0.05, 0.1) is 12.0 Å². The van der Waals surface area contributed by atoms with Crippen LogP contribution in [0.5, 0.6) is 17.2 Å². The Morgan fingerprint density at radius 3 is 2.38 bits per heavy atom. The Hall–Kier alpha value is -3.28. The van der Waals surface area contributed by atoms with Crippen LogP contribution in [0.25, 0.3) is 11.0 Å². The molecule has 3 aromatic rings. The van der Waals surface area contributed by atoms with Gasteiger partial charge in [-0.3, -0.25) is 4.79 Å². The van der Waals surface area contributed by atoms with Crippen LogP contribution in [0.15, 0.2) is 57.9 Å². The second-order valence-electron chi connectivity index (χ2n) is 9.16. The quantitative estimate of drug-likeness (QED) is 0.411. The molecule has 6 nitrogen and oxygen atoms in total. The van der Waals surface area contributed by atoms with Gasteiger partial charge >= 0.3 is 5.97 Å². The summed E-state index contributed by atoms with van der Waals surface area (Å²) in [6, 6.07) is 12.4. The van der Waals surface area contributed by atoms with Crippen LogP contribution in [0.2, 0.25) is 0 Å². The smallest absolute Gasteiger partial charge is 0.344 e. The van der Waals surface area contributed by atoms with Crippen molar-refractivity contribution in [1.29, 1.82) is 0 Å². The van der Waals surface area contributed by atoms with Crippen molar-refractivity contribution in [2.75, 3.05) is 13.2 Å². The molecule has 0 saturated heterocycles. The molecule has 0 amide bonds. The lowest BCUT2D eigenvalue weighted by atomic mass is 9.87. The molecule has 3 rings (SSSR count). The predicted octanol–water partition coefficient (Wildman–Crippen LogP) is 5.85. The molecule has 0 aliphatic heterocycles. The Labute approximate surface area is 188 Å². The van der Waals surface area contributed by atoms with E-state index in [-0.39, 0.29) is 23.2 Å². The zero-order valence-electron chi connectivity index (χ0n) is 19.3. The van der Waals surface area contributed by atoms with Crippen molar-refractivity contribution < 1.29 is 23.4 Å². The van der Waals surface area contributed by atoms with Gasteiger partial charge in [-0.05, 0) is 47.6 Å². The normalized spacial score (nSPS) is 11.6. The van der Waals surface area contributed by atoms with E-state index in [1.54, 1.807) is 18.2 Å². The summed E-state index contributed by atoms with van der Waals surface area (Å²) in [6.07, 6.45) is 2.09. The van der Waals surface area contributed by atoms with Gasteiger partial charge in [-0.25, -0.2) is 4.79 Å². The Morgan fingerprint density at radius 1 is 1.03 bits per heavy atom. The summed E-state index contributed by atoms with van der Waals surface area (Å²) in [7, 11) is 0. The van der Waals surface area contributed by atoms with Crippen molar-refractivity contribution in [3.8, 4) is 17.2 Å². The molecule has 0 fully saturated rings. The summed E-state index contributed by atoms with van der Waals surface area (Å²) in [5.41, 5.74) is 1.26. The standard InChI is InChI=1S/C26H30O6/c1-17(2)12-13-29-24(27)16-30-20-10-11-21-22(14-20)31-15-23(25(21)28)32-19-8-6-18(7-9-19)26(3,4)5/h6-11,14-15,17H,12-13,16H2,1-5H3. The first kappa shape index (κ1) is 23.4. The van der Waals surface area contributed by atoms with Crippen LogP contribution in [-0.2, 0) is 14.9 Å². The largest absolute Gasteiger partial charge is 0.482 e. The fraction of sp³-hybridized carbons (Fsp3) is 0.385. The highest BCUT2D eigenvalue weighted by Gasteiger charge is 2.15. The molecule has 0 saturated carbocycles. The number of ether oxygens (including phenoxy) is 3. The zero-order chi connectivity index (χ0) is 23.3. The van der Waals surface area contributed by atoms with E-state index in [2.05, 4.69) is 34.6 Å². The average Bonchev–Trinajstić information content (AvgIpc) is 2.74. The van der Waals surface area contributed by atoms with E-state index in [1.807, 2.05) is 24.3 Å². The minimum absolute atomic E-state index is 0.0328. The van der Waals surface area contributed by atoms with Crippen LogP contribution in [0.3, 0.4) is 0 Å². The Morgan fingerprint density at radius 2 is 1.72 bits per heavy atom. The number of carbonyl (C=O) groups excluding carboxylic acids is 1. The second-order valence-corrected chi connectivity index (χ2v) is 9.16. The SMILES string of the molecule is CC(C)CCOC(=O)COc1ccc2c(=O)c(Oc3ccc(C(C)(C)C)cc3)coc2c1. The third kappa shape index (κ3) is 6.13. The third-order valence-corrected chi connectivity index (χ3v) is 4.98.